The lowest BCUT2D eigenvalue weighted by atomic mass is 9.74. The first kappa shape index (κ1) is 16.2. The zero-order valence-electron chi connectivity index (χ0n) is 13.0. The Morgan fingerprint density at radius 3 is 2.70 bits per heavy atom. The molecule has 2 aliphatic rings. The molecule has 116 valence electrons. The highest BCUT2D eigenvalue weighted by Crippen LogP contribution is 2.36. The van der Waals surface area contributed by atoms with Crippen LogP contribution in [-0.4, -0.2) is 36.0 Å². The molecule has 0 aromatic heterocycles. The molecule has 0 aromatic carbocycles. The quantitative estimate of drug-likeness (QED) is 0.792. The van der Waals surface area contributed by atoms with E-state index in [1.54, 1.807) is 0 Å². The molecule has 1 saturated carbocycles. The second-order valence-electron chi connectivity index (χ2n) is 6.34. The molecule has 2 atom stereocenters. The molecule has 4 heteroatoms. The monoisotopic (exact) mass is 298 g/mol. The van der Waals surface area contributed by atoms with Crippen molar-refractivity contribution >= 4 is 17.7 Å². The summed E-state index contributed by atoms with van der Waals surface area (Å²) in [7, 11) is 0. The fraction of sp³-hybridized carbons (Fsp3) is 0.938. The largest absolute Gasteiger partial charge is 0.353 e. The summed E-state index contributed by atoms with van der Waals surface area (Å²) in [6.45, 7) is 6.40. The van der Waals surface area contributed by atoms with E-state index in [9.17, 15) is 4.79 Å². The zero-order chi connectivity index (χ0) is 14.4. The van der Waals surface area contributed by atoms with E-state index < -0.39 is 0 Å². The van der Waals surface area contributed by atoms with Crippen molar-refractivity contribution < 1.29 is 4.79 Å². The first-order chi connectivity index (χ1) is 9.70. The normalized spacial score (nSPS) is 29.3. The summed E-state index contributed by atoms with van der Waals surface area (Å²) < 4.78 is 0. The Kier molecular flexibility index (Phi) is 6.21. The zero-order valence-corrected chi connectivity index (χ0v) is 13.9. The Morgan fingerprint density at radius 2 is 2.05 bits per heavy atom. The lowest BCUT2D eigenvalue weighted by Crippen LogP contribution is -2.49. The SMILES string of the molecule is CCCC1(C(=O)NC2CCC(SCC)C2)CCNCC1. The molecule has 2 N–H and O–H groups in total. The molecule has 1 aliphatic carbocycles. The van der Waals surface area contributed by atoms with E-state index >= 15 is 0 Å². The van der Waals surface area contributed by atoms with Crippen LogP contribution in [-0.2, 0) is 4.79 Å². The number of thioether (sulfide) groups is 1. The minimum Gasteiger partial charge on any atom is -0.353 e. The molecule has 20 heavy (non-hydrogen) atoms. The van der Waals surface area contributed by atoms with Crippen LogP contribution in [0.15, 0.2) is 0 Å². The molecule has 0 radical (unpaired) electrons. The van der Waals surface area contributed by atoms with Crippen molar-refractivity contribution in [3.8, 4) is 0 Å². The molecule has 0 aromatic rings. The molecule has 0 spiro atoms. The smallest absolute Gasteiger partial charge is 0.226 e. The predicted molar refractivity (Wildman–Crippen MR) is 87.1 cm³/mol. The van der Waals surface area contributed by atoms with E-state index in [0.717, 1.165) is 44.0 Å². The fourth-order valence-electron chi connectivity index (χ4n) is 3.77. The van der Waals surface area contributed by atoms with Gasteiger partial charge in [-0.2, -0.15) is 11.8 Å². The number of hydrogen-bond acceptors (Lipinski definition) is 3. The summed E-state index contributed by atoms with van der Waals surface area (Å²) in [5.41, 5.74) is -0.0873. The van der Waals surface area contributed by atoms with Crippen molar-refractivity contribution in [2.24, 2.45) is 5.41 Å². The molecular formula is C16H30N2OS. The number of piperidine rings is 1. The Labute approximate surface area is 128 Å². The summed E-state index contributed by atoms with van der Waals surface area (Å²) in [6, 6.07) is 0.426. The van der Waals surface area contributed by atoms with Gasteiger partial charge in [0.1, 0.15) is 0 Å². The highest BCUT2D eigenvalue weighted by atomic mass is 32.2. The van der Waals surface area contributed by atoms with Gasteiger partial charge in [0.15, 0.2) is 0 Å². The average molecular weight is 298 g/mol. The molecule has 1 amide bonds. The molecule has 3 nitrogen and oxygen atoms in total. The second kappa shape index (κ2) is 7.69. The highest BCUT2D eigenvalue weighted by molar-refractivity contribution is 7.99. The van der Waals surface area contributed by atoms with Gasteiger partial charge in [0.25, 0.3) is 0 Å². The lowest BCUT2D eigenvalue weighted by Gasteiger charge is -2.37. The second-order valence-corrected chi connectivity index (χ2v) is 7.92. The maximum atomic E-state index is 12.8. The highest BCUT2D eigenvalue weighted by Gasteiger charge is 2.40. The van der Waals surface area contributed by atoms with Gasteiger partial charge in [-0.25, -0.2) is 0 Å². The van der Waals surface area contributed by atoms with Crippen molar-refractivity contribution in [1.29, 1.82) is 0 Å². The Balaban J connectivity index is 1.89. The maximum Gasteiger partial charge on any atom is 0.226 e. The van der Waals surface area contributed by atoms with Gasteiger partial charge in [-0.1, -0.05) is 20.3 Å². The molecule has 0 bridgehead atoms. The van der Waals surface area contributed by atoms with Gasteiger partial charge in [-0.05, 0) is 57.4 Å². The molecule has 2 unspecified atom stereocenters. The Morgan fingerprint density at radius 1 is 1.30 bits per heavy atom. The van der Waals surface area contributed by atoms with E-state index in [1.165, 1.54) is 25.0 Å². The Hall–Kier alpha value is -0.220. The van der Waals surface area contributed by atoms with Crippen LogP contribution in [0.2, 0.25) is 0 Å². The standard InChI is InChI=1S/C16H30N2OS/c1-3-7-16(8-10-17-11-9-16)15(19)18-13-5-6-14(12-13)20-4-2/h13-14,17H,3-12H2,1-2H3,(H,18,19). The topological polar surface area (TPSA) is 41.1 Å². The predicted octanol–water partition coefficient (Wildman–Crippen LogP) is 2.95. The van der Waals surface area contributed by atoms with Gasteiger partial charge in [0.05, 0.1) is 5.41 Å². The Bertz CT molecular complexity index is 310. The first-order valence-corrected chi connectivity index (χ1v) is 9.38. The maximum absolute atomic E-state index is 12.8. The van der Waals surface area contributed by atoms with Crippen LogP contribution in [0.5, 0.6) is 0 Å². The molecule has 1 heterocycles. The lowest BCUT2D eigenvalue weighted by molar-refractivity contribution is -0.133. The summed E-state index contributed by atoms with van der Waals surface area (Å²) in [5.74, 6) is 1.53. The third kappa shape index (κ3) is 3.91. The summed E-state index contributed by atoms with van der Waals surface area (Å²) in [4.78, 5) is 12.8. The van der Waals surface area contributed by atoms with Crippen molar-refractivity contribution in [3.05, 3.63) is 0 Å². The number of nitrogens with one attached hydrogen (secondary N) is 2. The molecule has 2 rings (SSSR count). The van der Waals surface area contributed by atoms with Crippen molar-refractivity contribution in [2.75, 3.05) is 18.8 Å². The van der Waals surface area contributed by atoms with Crippen LogP contribution in [0.3, 0.4) is 0 Å². The first-order valence-electron chi connectivity index (χ1n) is 8.33. The van der Waals surface area contributed by atoms with E-state index in [-0.39, 0.29) is 5.41 Å². The van der Waals surface area contributed by atoms with Gasteiger partial charge in [0, 0.05) is 11.3 Å². The summed E-state index contributed by atoms with van der Waals surface area (Å²) >= 11 is 2.05. The summed E-state index contributed by atoms with van der Waals surface area (Å²) in [6.07, 6.45) is 7.77. The van der Waals surface area contributed by atoms with Crippen molar-refractivity contribution in [3.63, 3.8) is 0 Å². The number of rotatable bonds is 6. The van der Waals surface area contributed by atoms with E-state index in [1.807, 2.05) is 0 Å². The number of hydrogen-bond donors (Lipinski definition) is 2. The van der Waals surface area contributed by atoms with Crippen LogP contribution in [0.1, 0.15) is 58.8 Å². The minimum atomic E-state index is -0.0873. The van der Waals surface area contributed by atoms with Gasteiger partial charge in [-0.3, -0.25) is 4.79 Å². The van der Waals surface area contributed by atoms with Crippen LogP contribution in [0.25, 0.3) is 0 Å². The third-order valence-corrected chi connectivity index (χ3v) is 6.13. The van der Waals surface area contributed by atoms with Crippen LogP contribution >= 0.6 is 11.8 Å². The van der Waals surface area contributed by atoms with Gasteiger partial charge < -0.3 is 10.6 Å². The molecule has 2 fully saturated rings. The van der Waals surface area contributed by atoms with E-state index in [0.29, 0.717) is 11.9 Å². The number of carbonyl (C=O) groups excluding carboxylic acids is 1. The van der Waals surface area contributed by atoms with Crippen LogP contribution < -0.4 is 10.6 Å². The fourth-order valence-corrected chi connectivity index (χ4v) is 4.91. The molecule has 1 aliphatic heterocycles. The average Bonchev–Trinajstić information content (AvgIpc) is 2.88. The summed E-state index contributed by atoms with van der Waals surface area (Å²) in [5, 5.41) is 7.53. The van der Waals surface area contributed by atoms with Gasteiger partial charge in [-0.15, -0.1) is 0 Å². The minimum absolute atomic E-state index is 0.0873. The van der Waals surface area contributed by atoms with Gasteiger partial charge in [0.2, 0.25) is 5.91 Å². The van der Waals surface area contributed by atoms with Gasteiger partial charge >= 0.3 is 0 Å². The van der Waals surface area contributed by atoms with Crippen molar-refractivity contribution in [1.82, 2.24) is 10.6 Å². The van der Waals surface area contributed by atoms with E-state index in [2.05, 4.69) is 36.2 Å². The molecular weight excluding hydrogens is 268 g/mol. The van der Waals surface area contributed by atoms with Crippen LogP contribution in [0.4, 0.5) is 0 Å². The van der Waals surface area contributed by atoms with Crippen molar-refractivity contribution in [2.45, 2.75) is 70.1 Å². The van der Waals surface area contributed by atoms with Crippen LogP contribution in [0, 0.1) is 5.41 Å². The number of amides is 1. The van der Waals surface area contributed by atoms with E-state index in [4.69, 9.17) is 0 Å². The number of carbonyl (C=O) groups is 1. The molecule has 1 saturated heterocycles. The third-order valence-electron chi connectivity index (χ3n) is 4.89.